The van der Waals surface area contributed by atoms with Crippen molar-refractivity contribution in [2.45, 2.75) is 13.5 Å². The van der Waals surface area contributed by atoms with Gasteiger partial charge in [0.15, 0.2) is 0 Å². The maximum absolute atomic E-state index is 14.6. The Balaban J connectivity index is 1.85. The van der Waals surface area contributed by atoms with E-state index in [0.717, 1.165) is 10.9 Å². The SMILES string of the molecule is Cc1cc2c(-c3ccc[nH]c3=O)c(C(=O)O)n(Cc3cc4ccccc4[nH]c3=S)c2cc1F. The van der Waals surface area contributed by atoms with E-state index >= 15 is 0 Å². The Hall–Kier alpha value is -4.04. The van der Waals surface area contributed by atoms with E-state index in [1.807, 2.05) is 30.3 Å². The van der Waals surface area contributed by atoms with Gasteiger partial charge in [0, 0.05) is 33.8 Å². The van der Waals surface area contributed by atoms with E-state index in [2.05, 4.69) is 9.97 Å². The van der Waals surface area contributed by atoms with Crippen LogP contribution in [0.3, 0.4) is 0 Å². The number of nitrogens with one attached hydrogen (secondary N) is 2. The molecule has 0 aliphatic carbocycles. The zero-order valence-electron chi connectivity index (χ0n) is 17.5. The van der Waals surface area contributed by atoms with E-state index in [4.69, 9.17) is 12.2 Å². The average Bonchev–Trinajstić information content (AvgIpc) is 3.08. The maximum atomic E-state index is 14.6. The molecule has 6 nitrogen and oxygen atoms in total. The van der Waals surface area contributed by atoms with Gasteiger partial charge >= 0.3 is 5.97 Å². The van der Waals surface area contributed by atoms with Crippen LogP contribution in [-0.4, -0.2) is 25.6 Å². The number of benzene rings is 2. The third kappa shape index (κ3) is 3.44. The second-order valence-corrected chi connectivity index (χ2v) is 8.27. The number of pyridine rings is 2. The molecular weight excluding hydrogens is 441 g/mol. The fourth-order valence-corrected chi connectivity index (χ4v) is 4.47. The minimum Gasteiger partial charge on any atom is -0.477 e. The van der Waals surface area contributed by atoms with Crippen molar-refractivity contribution in [1.29, 1.82) is 0 Å². The summed E-state index contributed by atoms with van der Waals surface area (Å²) in [4.78, 5) is 30.9. The molecule has 0 saturated heterocycles. The molecular formula is C25H18FN3O3S. The lowest BCUT2D eigenvalue weighted by atomic mass is 10.0. The first-order chi connectivity index (χ1) is 15.8. The van der Waals surface area contributed by atoms with Crippen LogP contribution in [0.5, 0.6) is 0 Å². The number of aromatic carboxylic acids is 1. The lowest BCUT2D eigenvalue weighted by Gasteiger charge is -2.11. The number of carboxylic acids is 1. The topological polar surface area (TPSA) is 90.9 Å². The van der Waals surface area contributed by atoms with Crippen molar-refractivity contribution < 1.29 is 14.3 Å². The number of carbonyl (C=O) groups is 1. The summed E-state index contributed by atoms with van der Waals surface area (Å²) in [6.07, 6.45) is 1.48. The number of aromatic amines is 2. The number of para-hydroxylation sites is 1. The Morgan fingerprint density at radius 3 is 2.70 bits per heavy atom. The zero-order valence-corrected chi connectivity index (χ0v) is 18.3. The second-order valence-electron chi connectivity index (χ2n) is 7.86. The molecule has 0 unspecified atom stereocenters. The molecule has 0 aliphatic rings. The van der Waals surface area contributed by atoms with Crippen LogP contribution in [0, 0.1) is 17.4 Å². The smallest absolute Gasteiger partial charge is 0.353 e. The fraction of sp³-hybridized carbons (Fsp3) is 0.0800. The lowest BCUT2D eigenvalue weighted by Crippen LogP contribution is -2.14. The average molecular weight is 460 g/mol. The normalized spacial score (nSPS) is 11.3. The minimum absolute atomic E-state index is 0.0888. The number of aromatic nitrogens is 3. The highest BCUT2D eigenvalue weighted by Crippen LogP contribution is 2.36. The number of aryl methyl sites for hydroxylation is 1. The summed E-state index contributed by atoms with van der Waals surface area (Å²) in [6.45, 7) is 1.69. The zero-order chi connectivity index (χ0) is 23.3. The van der Waals surface area contributed by atoms with Crippen molar-refractivity contribution in [3.05, 3.63) is 98.4 Å². The highest BCUT2D eigenvalue weighted by atomic mass is 32.1. The molecule has 3 N–H and O–H groups in total. The van der Waals surface area contributed by atoms with E-state index in [0.29, 0.717) is 26.7 Å². The van der Waals surface area contributed by atoms with Gasteiger partial charge in [-0.25, -0.2) is 9.18 Å². The number of carboxylic acid groups (broad SMARTS) is 1. The van der Waals surface area contributed by atoms with Gasteiger partial charge in [0.2, 0.25) is 0 Å². The Morgan fingerprint density at radius 1 is 1.15 bits per heavy atom. The predicted molar refractivity (Wildman–Crippen MR) is 128 cm³/mol. The van der Waals surface area contributed by atoms with Gasteiger partial charge < -0.3 is 19.6 Å². The molecule has 5 aromatic rings. The van der Waals surface area contributed by atoms with Crippen molar-refractivity contribution in [1.82, 2.24) is 14.5 Å². The molecule has 0 aliphatic heterocycles. The molecule has 3 aromatic heterocycles. The van der Waals surface area contributed by atoms with Crippen LogP contribution >= 0.6 is 12.2 Å². The Bertz CT molecular complexity index is 1700. The molecule has 0 fully saturated rings. The van der Waals surface area contributed by atoms with Crippen molar-refractivity contribution in [3.8, 4) is 11.1 Å². The van der Waals surface area contributed by atoms with Crippen molar-refractivity contribution in [3.63, 3.8) is 0 Å². The molecule has 2 aromatic carbocycles. The number of rotatable bonds is 4. The Labute approximate surface area is 192 Å². The van der Waals surface area contributed by atoms with Crippen LogP contribution in [0.15, 0.2) is 65.6 Å². The van der Waals surface area contributed by atoms with E-state index < -0.39 is 17.3 Å². The van der Waals surface area contributed by atoms with Crippen molar-refractivity contribution >= 4 is 40.0 Å². The van der Waals surface area contributed by atoms with Crippen LogP contribution in [0.1, 0.15) is 21.6 Å². The van der Waals surface area contributed by atoms with Crippen LogP contribution in [0.4, 0.5) is 4.39 Å². The molecule has 0 amide bonds. The van der Waals surface area contributed by atoms with Gasteiger partial charge in [0.1, 0.15) is 16.2 Å². The summed E-state index contributed by atoms with van der Waals surface area (Å²) in [5, 5.41) is 11.6. The monoisotopic (exact) mass is 459 g/mol. The standard InChI is InChI=1S/C25H18FN3O3S/c1-13-9-17-20(11-18(13)26)29(12-15-10-14-5-2-3-7-19(14)28-24(15)33)22(25(31)32)21(17)16-6-4-8-27-23(16)30/h2-11H,12H2,1H3,(H,27,30)(H,28,33)(H,31,32). The number of H-pyrrole nitrogens is 2. The van der Waals surface area contributed by atoms with Crippen LogP contribution in [-0.2, 0) is 6.54 Å². The number of hydrogen-bond acceptors (Lipinski definition) is 3. The largest absolute Gasteiger partial charge is 0.477 e. The maximum Gasteiger partial charge on any atom is 0.353 e. The van der Waals surface area contributed by atoms with Gasteiger partial charge in [0.05, 0.1) is 12.1 Å². The van der Waals surface area contributed by atoms with Gasteiger partial charge in [-0.3, -0.25) is 4.79 Å². The highest BCUT2D eigenvalue weighted by Gasteiger charge is 2.26. The third-order valence-corrected chi connectivity index (χ3v) is 6.16. The summed E-state index contributed by atoms with van der Waals surface area (Å²) in [5.41, 5.74) is 2.19. The van der Waals surface area contributed by atoms with Gasteiger partial charge in [-0.15, -0.1) is 0 Å². The van der Waals surface area contributed by atoms with Crippen molar-refractivity contribution in [2.24, 2.45) is 0 Å². The molecule has 3 heterocycles. The Kier molecular flexibility index (Phi) is 4.94. The number of nitrogens with zero attached hydrogens (tertiary/aromatic N) is 1. The van der Waals surface area contributed by atoms with E-state index in [1.165, 1.54) is 16.8 Å². The molecule has 33 heavy (non-hydrogen) atoms. The molecule has 164 valence electrons. The predicted octanol–water partition coefficient (Wildman–Crippen LogP) is 5.40. The summed E-state index contributed by atoms with van der Waals surface area (Å²) in [6, 6.07) is 15.6. The third-order valence-electron chi connectivity index (χ3n) is 5.79. The van der Waals surface area contributed by atoms with E-state index in [-0.39, 0.29) is 23.4 Å². The first-order valence-corrected chi connectivity index (χ1v) is 10.6. The quantitative estimate of drug-likeness (QED) is 0.314. The van der Waals surface area contributed by atoms with Crippen LogP contribution in [0.25, 0.3) is 32.9 Å². The lowest BCUT2D eigenvalue weighted by molar-refractivity contribution is 0.0687. The fourth-order valence-electron chi connectivity index (χ4n) is 4.24. The van der Waals surface area contributed by atoms with Crippen LogP contribution in [0.2, 0.25) is 0 Å². The number of halogens is 1. The Morgan fingerprint density at radius 2 is 1.94 bits per heavy atom. The molecule has 0 bridgehead atoms. The van der Waals surface area contributed by atoms with Crippen LogP contribution < -0.4 is 5.56 Å². The summed E-state index contributed by atoms with van der Waals surface area (Å²) in [7, 11) is 0. The van der Waals surface area contributed by atoms with E-state index in [9.17, 15) is 19.1 Å². The first kappa shape index (κ1) is 20.8. The number of fused-ring (bicyclic) bond motifs is 2. The van der Waals surface area contributed by atoms with E-state index in [1.54, 1.807) is 25.1 Å². The van der Waals surface area contributed by atoms with Gasteiger partial charge in [-0.2, -0.15) is 0 Å². The summed E-state index contributed by atoms with van der Waals surface area (Å²) in [5.74, 6) is -1.69. The molecule has 5 rings (SSSR count). The number of hydrogen-bond donors (Lipinski definition) is 3. The highest BCUT2D eigenvalue weighted by molar-refractivity contribution is 7.71. The van der Waals surface area contributed by atoms with Crippen molar-refractivity contribution in [2.75, 3.05) is 0 Å². The summed E-state index contributed by atoms with van der Waals surface area (Å²) < 4.78 is 16.6. The van der Waals surface area contributed by atoms with Gasteiger partial charge in [-0.1, -0.05) is 30.4 Å². The first-order valence-electron chi connectivity index (χ1n) is 10.2. The molecule has 8 heteroatoms. The van der Waals surface area contributed by atoms with Gasteiger partial charge in [-0.05, 0) is 54.3 Å². The minimum atomic E-state index is -1.22. The second kappa shape index (κ2) is 7.83. The summed E-state index contributed by atoms with van der Waals surface area (Å²) >= 11 is 5.53. The molecule has 0 atom stereocenters. The molecule has 0 spiro atoms. The molecule has 0 radical (unpaired) electrons. The molecule has 0 saturated carbocycles. The van der Waals surface area contributed by atoms with Gasteiger partial charge in [0.25, 0.3) is 5.56 Å².